The van der Waals surface area contributed by atoms with E-state index in [-0.39, 0.29) is 0 Å². The fourth-order valence-electron chi connectivity index (χ4n) is 3.13. The predicted molar refractivity (Wildman–Crippen MR) is 62.7 cm³/mol. The summed E-state index contributed by atoms with van der Waals surface area (Å²) in [6, 6.07) is 0.642. The molecule has 16 heavy (non-hydrogen) atoms. The van der Waals surface area contributed by atoms with Crippen LogP contribution >= 0.6 is 0 Å². The molecule has 3 heteroatoms. The van der Waals surface area contributed by atoms with E-state index in [0.717, 1.165) is 26.1 Å². The number of hydrogen-bond donors (Lipinski definition) is 0. The summed E-state index contributed by atoms with van der Waals surface area (Å²) in [6.45, 7) is 3.99. The van der Waals surface area contributed by atoms with Crippen LogP contribution in [0.1, 0.15) is 48.9 Å². The molecule has 0 bridgehead atoms. The molecule has 2 aliphatic rings. The van der Waals surface area contributed by atoms with E-state index in [2.05, 4.69) is 11.5 Å². The predicted octanol–water partition coefficient (Wildman–Crippen LogP) is 2.42. The second kappa shape index (κ2) is 4.21. The Morgan fingerprint density at radius 2 is 1.94 bits per heavy atom. The molecule has 0 amide bonds. The minimum Gasteiger partial charge on any atom is -0.381 e. The molecular formula is C13H20N2O. The molecule has 3 rings (SSSR count). The van der Waals surface area contributed by atoms with E-state index in [1.165, 1.54) is 42.9 Å². The average molecular weight is 220 g/mol. The molecule has 1 aromatic heterocycles. The van der Waals surface area contributed by atoms with E-state index in [1.807, 2.05) is 0 Å². The van der Waals surface area contributed by atoms with Crippen LogP contribution in [0.5, 0.6) is 0 Å². The molecule has 0 aromatic carbocycles. The first kappa shape index (κ1) is 10.3. The fourth-order valence-corrected chi connectivity index (χ4v) is 3.13. The lowest BCUT2D eigenvalue weighted by atomic mass is 10.00. The van der Waals surface area contributed by atoms with Gasteiger partial charge >= 0.3 is 0 Å². The second-order valence-corrected chi connectivity index (χ2v) is 4.97. The van der Waals surface area contributed by atoms with Crippen molar-refractivity contribution < 1.29 is 4.74 Å². The molecule has 0 N–H and O–H groups in total. The summed E-state index contributed by atoms with van der Waals surface area (Å²) in [4.78, 5) is 4.75. The van der Waals surface area contributed by atoms with Gasteiger partial charge in [-0.05, 0) is 45.4 Å². The lowest BCUT2D eigenvalue weighted by molar-refractivity contribution is 0.0682. The van der Waals surface area contributed by atoms with Gasteiger partial charge in [-0.15, -0.1) is 0 Å². The summed E-state index contributed by atoms with van der Waals surface area (Å²) in [5, 5.41) is 0. The lowest BCUT2D eigenvalue weighted by Gasteiger charge is -2.27. The molecule has 0 unspecified atom stereocenters. The Balaban J connectivity index is 1.95. The zero-order chi connectivity index (χ0) is 11.0. The maximum atomic E-state index is 5.45. The highest BCUT2D eigenvalue weighted by atomic mass is 16.5. The van der Waals surface area contributed by atoms with Crippen LogP contribution in [-0.2, 0) is 17.6 Å². The Bertz CT molecular complexity index is 378. The standard InChI is InChI=1S/C13H20N2O/c1-10-14-12-4-2-3-5-13(12)15(10)11-6-8-16-9-7-11/h11H,2-9H2,1H3. The quantitative estimate of drug-likeness (QED) is 0.726. The molecule has 2 heterocycles. The summed E-state index contributed by atoms with van der Waals surface area (Å²) in [7, 11) is 0. The first-order valence-electron chi connectivity index (χ1n) is 6.50. The highest BCUT2D eigenvalue weighted by Crippen LogP contribution is 2.29. The fraction of sp³-hybridized carbons (Fsp3) is 0.769. The summed E-state index contributed by atoms with van der Waals surface area (Å²) in [6.07, 6.45) is 7.38. The number of ether oxygens (including phenoxy) is 1. The Morgan fingerprint density at radius 3 is 2.75 bits per heavy atom. The van der Waals surface area contributed by atoms with E-state index in [9.17, 15) is 0 Å². The SMILES string of the molecule is Cc1nc2c(n1C1CCOCC1)CCCC2. The van der Waals surface area contributed by atoms with Crippen LogP contribution in [0.2, 0.25) is 0 Å². The van der Waals surface area contributed by atoms with E-state index in [1.54, 1.807) is 0 Å². The van der Waals surface area contributed by atoms with Crippen molar-refractivity contribution in [1.29, 1.82) is 0 Å². The van der Waals surface area contributed by atoms with Gasteiger partial charge in [0.15, 0.2) is 0 Å². The molecule has 1 aliphatic carbocycles. The smallest absolute Gasteiger partial charge is 0.106 e. The van der Waals surface area contributed by atoms with Crippen molar-refractivity contribution in [2.45, 2.75) is 51.5 Å². The normalized spacial score (nSPS) is 22.1. The van der Waals surface area contributed by atoms with Gasteiger partial charge in [-0.25, -0.2) is 4.98 Å². The third-order valence-electron chi connectivity index (χ3n) is 3.90. The van der Waals surface area contributed by atoms with Crippen LogP contribution in [-0.4, -0.2) is 22.8 Å². The highest BCUT2D eigenvalue weighted by molar-refractivity contribution is 5.21. The minimum absolute atomic E-state index is 0.642. The van der Waals surface area contributed by atoms with E-state index in [0.29, 0.717) is 6.04 Å². The monoisotopic (exact) mass is 220 g/mol. The van der Waals surface area contributed by atoms with Gasteiger partial charge in [0, 0.05) is 24.9 Å². The molecule has 1 saturated heterocycles. The maximum absolute atomic E-state index is 5.45. The van der Waals surface area contributed by atoms with Crippen molar-refractivity contribution in [3.8, 4) is 0 Å². The Morgan fingerprint density at radius 1 is 1.19 bits per heavy atom. The van der Waals surface area contributed by atoms with Gasteiger partial charge in [-0.3, -0.25) is 0 Å². The van der Waals surface area contributed by atoms with E-state index in [4.69, 9.17) is 9.72 Å². The van der Waals surface area contributed by atoms with Crippen molar-refractivity contribution in [2.75, 3.05) is 13.2 Å². The first-order valence-corrected chi connectivity index (χ1v) is 6.50. The number of fused-ring (bicyclic) bond motifs is 1. The number of rotatable bonds is 1. The second-order valence-electron chi connectivity index (χ2n) is 4.97. The minimum atomic E-state index is 0.642. The Labute approximate surface area is 96.8 Å². The van der Waals surface area contributed by atoms with Crippen LogP contribution in [0.3, 0.4) is 0 Å². The van der Waals surface area contributed by atoms with Crippen LogP contribution in [0.25, 0.3) is 0 Å². The summed E-state index contributed by atoms with van der Waals surface area (Å²) in [5.74, 6) is 1.22. The molecule has 1 aliphatic heterocycles. The van der Waals surface area contributed by atoms with E-state index < -0.39 is 0 Å². The number of aromatic nitrogens is 2. The molecule has 0 spiro atoms. The molecule has 88 valence electrons. The number of hydrogen-bond acceptors (Lipinski definition) is 2. The van der Waals surface area contributed by atoms with Crippen LogP contribution in [0.15, 0.2) is 0 Å². The largest absolute Gasteiger partial charge is 0.381 e. The van der Waals surface area contributed by atoms with Gasteiger partial charge in [0.1, 0.15) is 5.82 Å². The third kappa shape index (κ3) is 1.67. The summed E-state index contributed by atoms with van der Waals surface area (Å²) in [5.41, 5.74) is 2.89. The first-order chi connectivity index (χ1) is 7.86. The van der Waals surface area contributed by atoms with E-state index >= 15 is 0 Å². The van der Waals surface area contributed by atoms with Crippen LogP contribution in [0, 0.1) is 6.92 Å². The van der Waals surface area contributed by atoms with Gasteiger partial charge in [-0.2, -0.15) is 0 Å². The summed E-state index contributed by atoms with van der Waals surface area (Å²) < 4.78 is 7.96. The van der Waals surface area contributed by atoms with Gasteiger partial charge < -0.3 is 9.30 Å². The molecule has 0 atom stereocenters. The van der Waals surface area contributed by atoms with Gasteiger partial charge in [0.2, 0.25) is 0 Å². The molecule has 1 aromatic rings. The maximum Gasteiger partial charge on any atom is 0.106 e. The average Bonchev–Trinajstić information content (AvgIpc) is 2.66. The van der Waals surface area contributed by atoms with Crippen molar-refractivity contribution in [1.82, 2.24) is 9.55 Å². The Hall–Kier alpha value is -0.830. The van der Waals surface area contributed by atoms with Gasteiger partial charge in [-0.1, -0.05) is 0 Å². The van der Waals surface area contributed by atoms with Crippen LogP contribution < -0.4 is 0 Å². The zero-order valence-corrected chi connectivity index (χ0v) is 10.0. The molecule has 0 saturated carbocycles. The van der Waals surface area contributed by atoms with Crippen molar-refractivity contribution >= 4 is 0 Å². The zero-order valence-electron chi connectivity index (χ0n) is 10.0. The highest BCUT2D eigenvalue weighted by Gasteiger charge is 2.24. The number of imidazole rings is 1. The van der Waals surface area contributed by atoms with Gasteiger partial charge in [0.25, 0.3) is 0 Å². The van der Waals surface area contributed by atoms with Crippen molar-refractivity contribution in [3.05, 3.63) is 17.2 Å². The van der Waals surface area contributed by atoms with Crippen molar-refractivity contribution in [2.24, 2.45) is 0 Å². The van der Waals surface area contributed by atoms with Crippen LogP contribution in [0.4, 0.5) is 0 Å². The van der Waals surface area contributed by atoms with Crippen molar-refractivity contribution in [3.63, 3.8) is 0 Å². The number of aryl methyl sites for hydroxylation is 2. The molecule has 0 radical (unpaired) electrons. The number of nitrogens with zero attached hydrogens (tertiary/aromatic N) is 2. The topological polar surface area (TPSA) is 27.1 Å². The molecule has 1 fully saturated rings. The Kier molecular flexibility index (Phi) is 2.72. The molecular weight excluding hydrogens is 200 g/mol. The molecule has 3 nitrogen and oxygen atoms in total. The lowest BCUT2D eigenvalue weighted by Crippen LogP contribution is -2.22. The third-order valence-corrected chi connectivity index (χ3v) is 3.90. The summed E-state index contributed by atoms with van der Waals surface area (Å²) >= 11 is 0. The van der Waals surface area contributed by atoms with Gasteiger partial charge in [0.05, 0.1) is 5.69 Å².